The normalized spacial score (nSPS) is 11.1. The average molecular weight is 472 g/mol. The van der Waals surface area contributed by atoms with E-state index in [2.05, 4.69) is 41.9 Å². The molecule has 0 aliphatic heterocycles. The van der Waals surface area contributed by atoms with Crippen LogP contribution in [-0.2, 0) is 17.8 Å². The fraction of sp³-hybridized carbons (Fsp3) is 0.310. The zero-order valence-corrected chi connectivity index (χ0v) is 20.4. The molecule has 1 amide bonds. The van der Waals surface area contributed by atoms with E-state index in [0.29, 0.717) is 31.2 Å². The number of rotatable bonds is 12. The van der Waals surface area contributed by atoms with Gasteiger partial charge in [0.15, 0.2) is 6.61 Å². The van der Waals surface area contributed by atoms with Gasteiger partial charge in [0.25, 0.3) is 5.91 Å². The standard InChI is InChI=1S/C29H33N3O3/c1-22(2)24-13-6-9-16-27(24)34-20-10-19-32-26-15-8-7-14-25(26)31-28(32)17-18-30-29(33)21-35-23-11-4-3-5-12-23/h3-9,11-16,22H,10,17-21H2,1-2H3,(H,30,33). The minimum Gasteiger partial charge on any atom is -0.493 e. The third-order valence-corrected chi connectivity index (χ3v) is 5.84. The average Bonchev–Trinajstić information content (AvgIpc) is 3.23. The van der Waals surface area contributed by atoms with Crippen LogP contribution in [0.25, 0.3) is 11.0 Å². The molecule has 0 saturated heterocycles. The van der Waals surface area contributed by atoms with Gasteiger partial charge in [0.1, 0.15) is 17.3 Å². The summed E-state index contributed by atoms with van der Waals surface area (Å²) in [6, 6.07) is 25.7. The first-order valence-corrected chi connectivity index (χ1v) is 12.2. The van der Waals surface area contributed by atoms with E-state index in [-0.39, 0.29) is 12.5 Å². The van der Waals surface area contributed by atoms with Crippen LogP contribution < -0.4 is 14.8 Å². The molecule has 0 aliphatic rings. The van der Waals surface area contributed by atoms with Crippen LogP contribution in [0.5, 0.6) is 11.5 Å². The zero-order valence-electron chi connectivity index (χ0n) is 20.4. The lowest BCUT2D eigenvalue weighted by molar-refractivity contribution is -0.123. The molecule has 0 aliphatic carbocycles. The molecular formula is C29H33N3O3. The number of para-hydroxylation sites is 4. The van der Waals surface area contributed by atoms with Gasteiger partial charge in [-0.15, -0.1) is 0 Å². The number of carbonyl (C=O) groups excluding carboxylic acids is 1. The number of benzene rings is 3. The lowest BCUT2D eigenvalue weighted by Gasteiger charge is -2.14. The van der Waals surface area contributed by atoms with Crippen molar-refractivity contribution >= 4 is 16.9 Å². The van der Waals surface area contributed by atoms with Crippen LogP contribution >= 0.6 is 0 Å². The Hall–Kier alpha value is -3.80. The van der Waals surface area contributed by atoms with Crippen LogP contribution in [-0.4, -0.2) is 35.2 Å². The first-order valence-electron chi connectivity index (χ1n) is 12.2. The summed E-state index contributed by atoms with van der Waals surface area (Å²) in [5, 5.41) is 2.94. The number of amides is 1. The van der Waals surface area contributed by atoms with Gasteiger partial charge in [-0.2, -0.15) is 0 Å². The first-order chi connectivity index (χ1) is 17.1. The highest BCUT2D eigenvalue weighted by atomic mass is 16.5. The number of carbonyl (C=O) groups is 1. The summed E-state index contributed by atoms with van der Waals surface area (Å²) in [5.41, 5.74) is 3.30. The van der Waals surface area contributed by atoms with Gasteiger partial charge in [-0.1, -0.05) is 62.4 Å². The Morgan fingerprint density at radius 2 is 1.69 bits per heavy atom. The van der Waals surface area contributed by atoms with Crippen LogP contribution in [0.4, 0.5) is 0 Å². The number of ether oxygens (including phenoxy) is 2. The van der Waals surface area contributed by atoms with E-state index in [4.69, 9.17) is 14.5 Å². The Morgan fingerprint density at radius 1 is 0.943 bits per heavy atom. The van der Waals surface area contributed by atoms with Gasteiger partial charge in [-0.05, 0) is 48.2 Å². The summed E-state index contributed by atoms with van der Waals surface area (Å²) >= 11 is 0. The molecule has 0 fully saturated rings. The Morgan fingerprint density at radius 3 is 2.51 bits per heavy atom. The number of imidazole rings is 1. The van der Waals surface area contributed by atoms with E-state index >= 15 is 0 Å². The van der Waals surface area contributed by atoms with Crippen molar-refractivity contribution in [2.45, 2.75) is 39.2 Å². The van der Waals surface area contributed by atoms with E-state index in [0.717, 1.165) is 35.6 Å². The summed E-state index contributed by atoms with van der Waals surface area (Å²) in [4.78, 5) is 17.0. The van der Waals surface area contributed by atoms with Crippen LogP contribution in [0, 0.1) is 0 Å². The number of nitrogens with zero attached hydrogens (tertiary/aromatic N) is 2. The minimum absolute atomic E-state index is 0.00435. The van der Waals surface area contributed by atoms with Crippen LogP contribution in [0.2, 0.25) is 0 Å². The summed E-state index contributed by atoms with van der Waals surface area (Å²) in [5.74, 6) is 2.87. The van der Waals surface area contributed by atoms with Gasteiger partial charge in [0, 0.05) is 19.5 Å². The van der Waals surface area contributed by atoms with Gasteiger partial charge in [0.2, 0.25) is 0 Å². The van der Waals surface area contributed by atoms with Crippen molar-refractivity contribution in [1.29, 1.82) is 0 Å². The highest BCUT2D eigenvalue weighted by molar-refractivity contribution is 5.77. The molecule has 0 unspecified atom stereocenters. The third-order valence-electron chi connectivity index (χ3n) is 5.84. The number of aromatic nitrogens is 2. The Labute approximate surface area is 206 Å². The third kappa shape index (κ3) is 6.63. The van der Waals surface area contributed by atoms with Gasteiger partial charge >= 0.3 is 0 Å². The first kappa shape index (κ1) is 24.3. The minimum atomic E-state index is -0.145. The van der Waals surface area contributed by atoms with Crippen LogP contribution in [0.15, 0.2) is 78.9 Å². The number of hydrogen-bond donors (Lipinski definition) is 1. The van der Waals surface area contributed by atoms with Crippen molar-refractivity contribution in [3.8, 4) is 11.5 Å². The van der Waals surface area contributed by atoms with Crippen LogP contribution in [0.1, 0.15) is 37.6 Å². The summed E-state index contributed by atoms with van der Waals surface area (Å²) in [6.45, 7) is 6.28. The molecule has 1 aromatic heterocycles. The molecule has 35 heavy (non-hydrogen) atoms. The maximum absolute atomic E-state index is 12.2. The number of fused-ring (bicyclic) bond motifs is 1. The molecule has 6 heteroatoms. The van der Waals surface area contributed by atoms with Crippen molar-refractivity contribution in [3.05, 3.63) is 90.3 Å². The molecule has 182 valence electrons. The predicted octanol–water partition coefficient (Wildman–Crippen LogP) is 5.37. The monoisotopic (exact) mass is 471 g/mol. The highest BCUT2D eigenvalue weighted by Crippen LogP contribution is 2.26. The van der Waals surface area contributed by atoms with E-state index in [1.165, 1.54) is 5.56 Å². The van der Waals surface area contributed by atoms with Crippen molar-refractivity contribution in [2.24, 2.45) is 0 Å². The molecule has 4 aromatic rings. The number of hydrogen-bond acceptors (Lipinski definition) is 4. The summed E-state index contributed by atoms with van der Waals surface area (Å²) in [7, 11) is 0. The number of nitrogens with one attached hydrogen (secondary N) is 1. The van der Waals surface area contributed by atoms with Crippen molar-refractivity contribution in [3.63, 3.8) is 0 Å². The lowest BCUT2D eigenvalue weighted by Crippen LogP contribution is -2.31. The van der Waals surface area contributed by atoms with Gasteiger partial charge in [0.05, 0.1) is 17.6 Å². The molecule has 3 aromatic carbocycles. The fourth-order valence-electron chi connectivity index (χ4n) is 4.09. The maximum atomic E-state index is 12.2. The summed E-state index contributed by atoms with van der Waals surface area (Å²) < 4.78 is 13.9. The van der Waals surface area contributed by atoms with Gasteiger partial charge in [-0.3, -0.25) is 4.79 Å². The molecule has 1 N–H and O–H groups in total. The Kier molecular flexibility index (Phi) is 8.39. The fourth-order valence-corrected chi connectivity index (χ4v) is 4.09. The van der Waals surface area contributed by atoms with E-state index in [1.54, 1.807) is 0 Å². The molecule has 1 heterocycles. The van der Waals surface area contributed by atoms with E-state index in [9.17, 15) is 4.79 Å². The zero-order chi connectivity index (χ0) is 24.5. The van der Waals surface area contributed by atoms with Crippen molar-refractivity contribution in [1.82, 2.24) is 14.9 Å². The molecule has 0 radical (unpaired) electrons. The predicted molar refractivity (Wildman–Crippen MR) is 139 cm³/mol. The van der Waals surface area contributed by atoms with Crippen molar-refractivity contribution < 1.29 is 14.3 Å². The summed E-state index contributed by atoms with van der Waals surface area (Å²) in [6.07, 6.45) is 1.50. The van der Waals surface area contributed by atoms with E-state index < -0.39 is 0 Å². The van der Waals surface area contributed by atoms with Gasteiger partial charge < -0.3 is 19.4 Å². The van der Waals surface area contributed by atoms with Crippen LogP contribution in [0.3, 0.4) is 0 Å². The Bertz CT molecular complexity index is 1230. The molecule has 6 nitrogen and oxygen atoms in total. The largest absolute Gasteiger partial charge is 0.493 e. The van der Waals surface area contributed by atoms with Crippen molar-refractivity contribution in [2.75, 3.05) is 19.8 Å². The molecular weight excluding hydrogens is 438 g/mol. The second-order valence-electron chi connectivity index (χ2n) is 8.76. The SMILES string of the molecule is CC(C)c1ccccc1OCCCn1c(CCNC(=O)COc2ccccc2)nc2ccccc21. The maximum Gasteiger partial charge on any atom is 0.257 e. The topological polar surface area (TPSA) is 65.4 Å². The number of aryl methyl sites for hydroxylation is 1. The van der Waals surface area contributed by atoms with Gasteiger partial charge in [-0.25, -0.2) is 4.98 Å². The smallest absolute Gasteiger partial charge is 0.257 e. The second kappa shape index (κ2) is 12.1. The highest BCUT2D eigenvalue weighted by Gasteiger charge is 2.12. The molecule has 0 bridgehead atoms. The van der Waals surface area contributed by atoms with E-state index in [1.807, 2.05) is 60.7 Å². The molecule has 4 rings (SSSR count). The lowest BCUT2D eigenvalue weighted by atomic mass is 10.0. The second-order valence-corrected chi connectivity index (χ2v) is 8.76. The molecule has 0 atom stereocenters. The molecule has 0 saturated carbocycles. The molecule has 0 spiro atoms. The Balaban J connectivity index is 1.32. The quantitative estimate of drug-likeness (QED) is 0.282.